The zero-order valence-electron chi connectivity index (χ0n) is 11.2. The molecule has 0 radical (unpaired) electrons. The van der Waals surface area contributed by atoms with Crippen LogP contribution in [0.15, 0.2) is 42.0 Å². The van der Waals surface area contributed by atoms with Crippen LogP contribution in [-0.2, 0) is 4.79 Å². The molecule has 0 spiro atoms. The van der Waals surface area contributed by atoms with Gasteiger partial charge in [0.05, 0.1) is 0 Å². The fraction of sp³-hybridized carbons (Fsp3) is 0.286. The first-order valence-electron chi connectivity index (χ1n) is 6.67. The quantitative estimate of drug-likeness (QED) is 0.705. The van der Waals surface area contributed by atoms with E-state index in [-0.39, 0.29) is 11.9 Å². The monoisotopic (exact) mass is 285 g/mol. The number of benzene rings is 1. The van der Waals surface area contributed by atoms with Gasteiger partial charge in [-0.25, -0.2) is 0 Å². The Morgan fingerprint density at radius 2 is 2.19 bits per heavy atom. The van der Waals surface area contributed by atoms with Gasteiger partial charge in [0.2, 0.25) is 5.82 Å². The molecule has 2 unspecified atom stereocenters. The van der Waals surface area contributed by atoms with E-state index in [4.69, 9.17) is 0 Å². The Balaban J connectivity index is 1.67. The van der Waals surface area contributed by atoms with Gasteiger partial charge < -0.3 is 10.4 Å². The molecule has 1 aromatic heterocycles. The van der Waals surface area contributed by atoms with E-state index < -0.39 is 11.9 Å². The molecule has 2 aromatic rings. The third-order valence-corrected chi connectivity index (χ3v) is 3.47. The van der Waals surface area contributed by atoms with E-state index in [1.54, 1.807) is 0 Å². The van der Waals surface area contributed by atoms with E-state index in [0.29, 0.717) is 6.54 Å². The number of aliphatic hydroxyl groups excluding tert-OH is 1. The Labute approximate surface area is 121 Å². The second-order valence-corrected chi connectivity index (χ2v) is 4.93. The molecule has 1 fully saturated rings. The molecule has 7 heteroatoms. The second kappa shape index (κ2) is 5.94. The molecule has 21 heavy (non-hydrogen) atoms. The minimum Gasteiger partial charge on any atom is -0.377 e. The highest BCUT2D eigenvalue weighted by molar-refractivity contribution is 5.94. The van der Waals surface area contributed by atoms with Crippen molar-refractivity contribution in [3.05, 3.63) is 53.4 Å². The third-order valence-electron chi connectivity index (χ3n) is 3.47. The van der Waals surface area contributed by atoms with Crippen molar-refractivity contribution in [2.75, 3.05) is 6.54 Å². The number of hydrogen-bond donors (Lipinski definition) is 3. The van der Waals surface area contributed by atoms with Crippen LogP contribution in [-0.4, -0.2) is 38.1 Å². The maximum absolute atomic E-state index is 12.0. The van der Waals surface area contributed by atoms with Crippen LogP contribution in [0.2, 0.25) is 0 Å². The SMILES string of the molecule is O=C(C=C1CNC(c2ccccc2)C1)C(O)c1nn[nH]n1. The van der Waals surface area contributed by atoms with Gasteiger partial charge in [-0.1, -0.05) is 41.1 Å². The van der Waals surface area contributed by atoms with Crippen molar-refractivity contribution < 1.29 is 9.90 Å². The molecule has 0 saturated carbocycles. The number of hydrogen-bond acceptors (Lipinski definition) is 6. The number of carbonyl (C=O) groups is 1. The molecule has 1 saturated heterocycles. The summed E-state index contributed by atoms with van der Waals surface area (Å²) in [5.74, 6) is -0.440. The number of nitrogens with zero attached hydrogens (tertiary/aromatic N) is 3. The molecule has 2 atom stereocenters. The van der Waals surface area contributed by atoms with Gasteiger partial charge in [-0.2, -0.15) is 5.21 Å². The van der Waals surface area contributed by atoms with Crippen molar-refractivity contribution in [3.63, 3.8) is 0 Å². The van der Waals surface area contributed by atoms with E-state index in [1.807, 2.05) is 18.2 Å². The third kappa shape index (κ3) is 3.04. The van der Waals surface area contributed by atoms with E-state index in [1.165, 1.54) is 11.6 Å². The summed E-state index contributed by atoms with van der Waals surface area (Å²) in [6, 6.07) is 10.3. The molecule has 1 aliphatic rings. The van der Waals surface area contributed by atoms with E-state index >= 15 is 0 Å². The lowest BCUT2D eigenvalue weighted by Crippen LogP contribution is -2.13. The molecule has 7 nitrogen and oxygen atoms in total. The summed E-state index contributed by atoms with van der Waals surface area (Å²) in [6.07, 6.45) is 0.845. The predicted molar refractivity (Wildman–Crippen MR) is 74.0 cm³/mol. The Bertz CT molecular complexity index is 639. The number of rotatable bonds is 4. The first-order chi connectivity index (χ1) is 10.2. The first kappa shape index (κ1) is 13.6. The zero-order valence-corrected chi connectivity index (χ0v) is 11.2. The van der Waals surface area contributed by atoms with Crippen LogP contribution in [0.4, 0.5) is 0 Å². The van der Waals surface area contributed by atoms with Gasteiger partial charge in [0.15, 0.2) is 11.9 Å². The van der Waals surface area contributed by atoms with Gasteiger partial charge in [0.25, 0.3) is 0 Å². The van der Waals surface area contributed by atoms with Gasteiger partial charge in [0, 0.05) is 12.6 Å². The molecule has 1 aliphatic heterocycles. The van der Waals surface area contributed by atoms with Crippen molar-refractivity contribution in [2.45, 2.75) is 18.6 Å². The zero-order chi connectivity index (χ0) is 14.7. The number of aliphatic hydroxyl groups is 1. The molecular formula is C14H15N5O2. The number of nitrogens with one attached hydrogen (secondary N) is 2. The Morgan fingerprint density at radius 1 is 1.38 bits per heavy atom. The van der Waals surface area contributed by atoms with Crippen LogP contribution >= 0.6 is 0 Å². The molecule has 3 N–H and O–H groups in total. The molecule has 0 bridgehead atoms. The smallest absolute Gasteiger partial charge is 0.210 e. The lowest BCUT2D eigenvalue weighted by Gasteiger charge is -2.08. The largest absolute Gasteiger partial charge is 0.377 e. The van der Waals surface area contributed by atoms with E-state index in [9.17, 15) is 9.90 Å². The van der Waals surface area contributed by atoms with Crippen LogP contribution in [0.5, 0.6) is 0 Å². The number of aromatic amines is 1. The summed E-state index contributed by atoms with van der Waals surface area (Å²) in [4.78, 5) is 12.0. The number of carbonyl (C=O) groups excluding carboxylic acids is 1. The average Bonchev–Trinajstić information content (AvgIpc) is 3.19. The minimum atomic E-state index is -1.37. The van der Waals surface area contributed by atoms with Crippen molar-refractivity contribution in [2.24, 2.45) is 0 Å². The summed E-state index contributed by atoms with van der Waals surface area (Å²) in [7, 11) is 0. The highest BCUT2D eigenvalue weighted by atomic mass is 16.3. The fourth-order valence-corrected chi connectivity index (χ4v) is 2.38. The summed E-state index contributed by atoms with van der Waals surface area (Å²) >= 11 is 0. The van der Waals surface area contributed by atoms with Crippen LogP contribution in [0.25, 0.3) is 0 Å². The van der Waals surface area contributed by atoms with Crippen LogP contribution in [0.3, 0.4) is 0 Å². The highest BCUT2D eigenvalue weighted by Crippen LogP contribution is 2.26. The Kier molecular flexibility index (Phi) is 3.85. The van der Waals surface area contributed by atoms with E-state index in [0.717, 1.165) is 12.0 Å². The van der Waals surface area contributed by atoms with Crippen LogP contribution in [0.1, 0.15) is 30.0 Å². The normalized spacial score (nSPS) is 21.6. The molecule has 0 amide bonds. The van der Waals surface area contributed by atoms with Gasteiger partial charge in [-0.05, 0) is 18.1 Å². The molecule has 0 aliphatic carbocycles. The fourth-order valence-electron chi connectivity index (χ4n) is 2.38. The van der Waals surface area contributed by atoms with E-state index in [2.05, 4.69) is 38.1 Å². The van der Waals surface area contributed by atoms with Crippen molar-refractivity contribution in [1.82, 2.24) is 25.9 Å². The summed E-state index contributed by atoms with van der Waals surface area (Å²) in [5.41, 5.74) is 2.14. The number of ketones is 1. The van der Waals surface area contributed by atoms with Crippen LogP contribution in [0, 0.1) is 0 Å². The van der Waals surface area contributed by atoms with Crippen LogP contribution < -0.4 is 5.32 Å². The molecule has 108 valence electrons. The van der Waals surface area contributed by atoms with Gasteiger partial charge in [-0.15, -0.1) is 10.2 Å². The number of H-pyrrole nitrogens is 1. The second-order valence-electron chi connectivity index (χ2n) is 4.93. The predicted octanol–water partition coefficient (Wildman–Crippen LogP) is 0.463. The topological polar surface area (TPSA) is 104 Å². The molecule has 3 rings (SSSR count). The highest BCUT2D eigenvalue weighted by Gasteiger charge is 2.24. The summed E-state index contributed by atoms with van der Waals surface area (Å²) in [5, 5.41) is 25.9. The summed E-state index contributed by atoms with van der Waals surface area (Å²) in [6.45, 7) is 0.629. The molecular weight excluding hydrogens is 270 g/mol. The average molecular weight is 285 g/mol. The van der Waals surface area contributed by atoms with Crippen molar-refractivity contribution in [1.29, 1.82) is 0 Å². The maximum atomic E-state index is 12.0. The van der Waals surface area contributed by atoms with Gasteiger partial charge in [-0.3, -0.25) is 4.79 Å². The first-order valence-corrected chi connectivity index (χ1v) is 6.67. The lowest BCUT2D eigenvalue weighted by atomic mass is 10.0. The number of tetrazole rings is 1. The number of aromatic nitrogens is 4. The van der Waals surface area contributed by atoms with Gasteiger partial charge >= 0.3 is 0 Å². The Morgan fingerprint density at radius 3 is 2.90 bits per heavy atom. The molecule has 2 heterocycles. The standard InChI is InChI=1S/C14H15N5O2/c20-12(13(21)14-16-18-19-17-14)7-9-6-11(15-8-9)10-4-2-1-3-5-10/h1-5,7,11,13,15,21H,6,8H2,(H,16,17,18,19). The molecule has 1 aromatic carbocycles. The summed E-state index contributed by atoms with van der Waals surface area (Å²) < 4.78 is 0. The van der Waals surface area contributed by atoms with Gasteiger partial charge in [0.1, 0.15) is 0 Å². The van der Waals surface area contributed by atoms with Crippen molar-refractivity contribution in [3.8, 4) is 0 Å². The van der Waals surface area contributed by atoms with Crippen molar-refractivity contribution >= 4 is 5.78 Å². The lowest BCUT2D eigenvalue weighted by molar-refractivity contribution is -0.122. The Hall–Kier alpha value is -2.38. The minimum absolute atomic E-state index is 0.0117. The maximum Gasteiger partial charge on any atom is 0.210 e.